The van der Waals surface area contributed by atoms with Gasteiger partial charge in [-0.15, -0.1) is 0 Å². The van der Waals surface area contributed by atoms with Gasteiger partial charge < -0.3 is 14.4 Å². The molecular weight excluding hydrogens is 400 g/mol. The first-order valence-electron chi connectivity index (χ1n) is 9.20. The lowest BCUT2D eigenvalue weighted by atomic mass is 10.3. The Bertz CT molecular complexity index is 1060. The molecule has 10 nitrogen and oxygen atoms in total. The highest BCUT2D eigenvalue weighted by Gasteiger charge is 2.31. The van der Waals surface area contributed by atoms with Crippen LogP contribution in [0.3, 0.4) is 0 Å². The third-order valence-corrected chi connectivity index (χ3v) is 6.68. The number of hydrogen-bond acceptors (Lipinski definition) is 7. The Morgan fingerprint density at radius 2 is 1.72 bits per heavy atom. The van der Waals surface area contributed by atoms with Crippen LogP contribution in [0.5, 0.6) is 11.5 Å². The Kier molecular flexibility index (Phi) is 5.24. The Labute approximate surface area is 167 Å². The number of aromatic nitrogens is 2. The molecule has 4 rings (SSSR count). The molecule has 1 aromatic heterocycles. The van der Waals surface area contributed by atoms with Gasteiger partial charge in [-0.1, -0.05) is 0 Å². The number of benzene rings is 1. The standard InChI is InChI=1S/C18H20N4O6S/c23-17-5-3-14(19-20-17)18(24)21-6-8-22(9-7-21)29(25,26)13-2-4-15-16(12-13)28-11-1-10-27-15/h2-5,12H,1,6-11H2,(H,20,23). The molecule has 1 amide bonds. The minimum Gasteiger partial charge on any atom is -0.490 e. The highest BCUT2D eigenvalue weighted by molar-refractivity contribution is 7.89. The molecule has 0 radical (unpaired) electrons. The van der Waals surface area contributed by atoms with Crippen LogP contribution < -0.4 is 15.0 Å². The zero-order valence-corrected chi connectivity index (χ0v) is 16.4. The summed E-state index contributed by atoms with van der Waals surface area (Å²) in [5.41, 5.74) is -0.281. The molecule has 0 saturated carbocycles. The van der Waals surface area contributed by atoms with E-state index in [1.54, 1.807) is 6.07 Å². The highest BCUT2D eigenvalue weighted by Crippen LogP contribution is 2.33. The third kappa shape index (κ3) is 3.96. The van der Waals surface area contributed by atoms with E-state index in [0.717, 1.165) is 6.42 Å². The minimum absolute atomic E-state index is 0.115. The first kappa shape index (κ1) is 19.4. The fourth-order valence-electron chi connectivity index (χ4n) is 3.21. The molecule has 0 atom stereocenters. The van der Waals surface area contributed by atoms with E-state index in [0.29, 0.717) is 24.7 Å². The van der Waals surface area contributed by atoms with Crippen molar-refractivity contribution in [1.82, 2.24) is 19.4 Å². The van der Waals surface area contributed by atoms with Crippen LogP contribution in [0.1, 0.15) is 16.9 Å². The first-order chi connectivity index (χ1) is 13.9. The number of aromatic amines is 1. The normalized spacial score (nSPS) is 17.6. The maximum Gasteiger partial charge on any atom is 0.274 e. The number of nitrogens with zero attached hydrogens (tertiary/aromatic N) is 3. The minimum atomic E-state index is -3.73. The summed E-state index contributed by atoms with van der Waals surface area (Å²) in [5, 5.41) is 5.95. The first-order valence-corrected chi connectivity index (χ1v) is 10.6. The molecule has 1 fully saturated rings. The lowest BCUT2D eigenvalue weighted by Crippen LogP contribution is -2.50. The van der Waals surface area contributed by atoms with Gasteiger partial charge in [-0.3, -0.25) is 9.59 Å². The molecule has 0 bridgehead atoms. The van der Waals surface area contributed by atoms with E-state index in [1.165, 1.54) is 33.5 Å². The Hall–Kier alpha value is -2.92. The topological polar surface area (TPSA) is 122 Å². The average Bonchev–Trinajstić information content (AvgIpc) is 2.99. The van der Waals surface area contributed by atoms with E-state index in [9.17, 15) is 18.0 Å². The van der Waals surface area contributed by atoms with Gasteiger partial charge in [0.15, 0.2) is 11.5 Å². The molecule has 3 heterocycles. The number of carbonyl (C=O) groups is 1. The second-order valence-corrected chi connectivity index (χ2v) is 8.60. The van der Waals surface area contributed by atoms with Gasteiger partial charge in [0.1, 0.15) is 5.69 Å². The monoisotopic (exact) mass is 420 g/mol. The Balaban J connectivity index is 1.46. The fourth-order valence-corrected chi connectivity index (χ4v) is 4.65. The van der Waals surface area contributed by atoms with Crippen LogP contribution in [-0.4, -0.2) is 73.1 Å². The number of sulfonamides is 1. The van der Waals surface area contributed by atoms with Gasteiger partial charge in [-0.05, 0) is 18.2 Å². The predicted octanol–water partition coefficient (Wildman–Crippen LogP) is 0.0779. The summed E-state index contributed by atoms with van der Waals surface area (Å²) in [6, 6.07) is 7.17. The molecule has 29 heavy (non-hydrogen) atoms. The van der Waals surface area contributed by atoms with E-state index in [-0.39, 0.29) is 42.7 Å². The Morgan fingerprint density at radius 3 is 2.41 bits per heavy atom. The number of rotatable bonds is 3. The third-order valence-electron chi connectivity index (χ3n) is 4.78. The van der Waals surface area contributed by atoms with E-state index >= 15 is 0 Å². The van der Waals surface area contributed by atoms with E-state index in [2.05, 4.69) is 10.2 Å². The predicted molar refractivity (Wildman–Crippen MR) is 102 cm³/mol. The molecule has 154 valence electrons. The molecule has 1 saturated heterocycles. The number of ether oxygens (including phenoxy) is 2. The summed E-state index contributed by atoms with van der Waals surface area (Å²) >= 11 is 0. The van der Waals surface area contributed by atoms with Crippen LogP contribution in [0.4, 0.5) is 0 Å². The van der Waals surface area contributed by atoms with Gasteiger partial charge in [0.25, 0.3) is 11.5 Å². The van der Waals surface area contributed by atoms with Gasteiger partial charge in [-0.25, -0.2) is 13.5 Å². The number of amides is 1. The molecule has 0 unspecified atom stereocenters. The van der Waals surface area contributed by atoms with E-state index < -0.39 is 15.6 Å². The molecule has 0 spiro atoms. The number of hydrogen-bond donors (Lipinski definition) is 1. The number of nitrogens with one attached hydrogen (secondary N) is 1. The maximum atomic E-state index is 13.0. The average molecular weight is 420 g/mol. The van der Waals surface area contributed by atoms with Crippen LogP contribution in [0.25, 0.3) is 0 Å². The summed E-state index contributed by atoms with van der Waals surface area (Å²) in [7, 11) is -3.73. The van der Waals surface area contributed by atoms with Crippen molar-refractivity contribution in [3.63, 3.8) is 0 Å². The number of carbonyl (C=O) groups excluding carboxylic acids is 1. The molecule has 0 aliphatic carbocycles. The largest absolute Gasteiger partial charge is 0.490 e. The second kappa shape index (κ2) is 7.84. The smallest absolute Gasteiger partial charge is 0.274 e. The van der Waals surface area contributed by atoms with Crippen molar-refractivity contribution in [3.8, 4) is 11.5 Å². The summed E-state index contributed by atoms with van der Waals surface area (Å²) in [4.78, 5) is 25.2. The van der Waals surface area contributed by atoms with E-state index in [4.69, 9.17) is 9.47 Å². The van der Waals surface area contributed by atoms with Gasteiger partial charge in [-0.2, -0.15) is 9.40 Å². The molecular formula is C18H20N4O6S. The molecule has 2 aliphatic rings. The van der Waals surface area contributed by atoms with Crippen molar-refractivity contribution in [2.45, 2.75) is 11.3 Å². The van der Waals surface area contributed by atoms with Gasteiger partial charge >= 0.3 is 0 Å². The van der Waals surface area contributed by atoms with Gasteiger partial charge in [0, 0.05) is 44.7 Å². The van der Waals surface area contributed by atoms with Gasteiger partial charge in [0.2, 0.25) is 10.0 Å². The SMILES string of the molecule is O=C(c1ccc(=O)[nH]n1)N1CCN(S(=O)(=O)c2ccc3c(c2)OCCCO3)CC1. The molecule has 2 aromatic rings. The lowest BCUT2D eigenvalue weighted by molar-refractivity contribution is 0.0690. The number of H-pyrrole nitrogens is 1. The quantitative estimate of drug-likeness (QED) is 0.746. The van der Waals surface area contributed by atoms with Crippen LogP contribution in [0.2, 0.25) is 0 Å². The summed E-state index contributed by atoms with van der Waals surface area (Å²) in [6.45, 7) is 1.76. The maximum absolute atomic E-state index is 13.0. The van der Waals surface area contributed by atoms with E-state index in [1.807, 2.05) is 0 Å². The van der Waals surface area contributed by atoms with Crippen molar-refractivity contribution in [3.05, 3.63) is 46.4 Å². The second-order valence-electron chi connectivity index (χ2n) is 6.66. The lowest BCUT2D eigenvalue weighted by Gasteiger charge is -2.33. The number of fused-ring (bicyclic) bond motifs is 1. The molecule has 1 N–H and O–H groups in total. The van der Waals surface area contributed by atoms with Crippen molar-refractivity contribution >= 4 is 15.9 Å². The summed E-state index contributed by atoms with van der Waals surface area (Å²) in [5.74, 6) is 0.598. The van der Waals surface area contributed by atoms with Crippen LogP contribution in [0, 0.1) is 0 Å². The number of piperazine rings is 1. The molecule has 2 aliphatic heterocycles. The van der Waals surface area contributed by atoms with Crippen LogP contribution in [-0.2, 0) is 10.0 Å². The van der Waals surface area contributed by atoms with Crippen LogP contribution >= 0.6 is 0 Å². The molecule has 1 aromatic carbocycles. The van der Waals surface area contributed by atoms with Crippen molar-refractivity contribution in [2.24, 2.45) is 0 Å². The van der Waals surface area contributed by atoms with Crippen molar-refractivity contribution < 1.29 is 22.7 Å². The zero-order valence-electron chi connectivity index (χ0n) is 15.5. The summed E-state index contributed by atoms with van der Waals surface area (Å²) < 4.78 is 38.5. The fraction of sp³-hybridized carbons (Fsp3) is 0.389. The Morgan fingerprint density at radius 1 is 1.00 bits per heavy atom. The zero-order chi connectivity index (χ0) is 20.4. The van der Waals surface area contributed by atoms with Crippen LogP contribution in [0.15, 0.2) is 40.0 Å². The van der Waals surface area contributed by atoms with Crippen molar-refractivity contribution in [1.29, 1.82) is 0 Å². The molecule has 11 heteroatoms. The highest BCUT2D eigenvalue weighted by atomic mass is 32.2. The summed E-state index contributed by atoms with van der Waals surface area (Å²) in [6.07, 6.45) is 0.733. The van der Waals surface area contributed by atoms with Gasteiger partial charge in [0.05, 0.1) is 18.1 Å². The van der Waals surface area contributed by atoms with Crippen molar-refractivity contribution in [2.75, 3.05) is 39.4 Å².